The van der Waals surface area contributed by atoms with Gasteiger partial charge in [0.2, 0.25) is 0 Å². The number of fused-ring (bicyclic) bond motifs is 1. The van der Waals surface area contributed by atoms with Crippen LogP contribution < -0.4 is 0 Å². The van der Waals surface area contributed by atoms with Gasteiger partial charge in [-0.2, -0.15) is 0 Å². The van der Waals surface area contributed by atoms with Gasteiger partial charge in [-0.25, -0.2) is 0 Å². The smallest absolute Gasteiger partial charge is 0.192 e. The van der Waals surface area contributed by atoms with Crippen molar-refractivity contribution >= 4 is 16.4 Å². The molecule has 30 heavy (non-hydrogen) atoms. The van der Waals surface area contributed by atoms with Crippen molar-refractivity contribution < 1.29 is 19.0 Å². The maximum Gasteiger partial charge on any atom is 0.192 e. The van der Waals surface area contributed by atoms with E-state index in [1.54, 1.807) is 0 Å². The Bertz CT molecular complexity index is 637. The summed E-state index contributed by atoms with van der Waals surface area (Å²) in [5.74, 6) is 3.03. The third kappa shape index (κ3) is 7.04. The molecule has 172 valence electrons. The Morgan fingerprint density at radius 1 is 1.03 bits per heavy atom. The van der Waals surface area contributed by atoms with Gasteiger partial charge in [0.25, 0.3) is 0 Å². The first-order valence-corrected chi connectivity index (χ1v) is 18.0. The molecular weight excluding hydrogens is 408 g/mol. The maximum absolute atomic E-state index is 10.5. The number of allylic oxidation sites excluding steroid dienone is 1. The Morgan fingerprint density at radius 3 is 2.13 bits per heavy atom. The maximum atomic E-state index is 10.5. The van der Waals surface area contributed by atoms with Crippen molar-refractivity contribution in [3.63, 3.8) is 0 Å². The first kappa shape index (κ1) is 25.8. The highest BCUT2D eigenvalue weighted by atomic mass is 28.4. The van der Waals surface area contributed by atoms with Crippen LogP contribution >= 0.6 is 0 Å². The molecule has 0 bridgehead atoms. The molecule has 6 heteroatoms. The zero-order valence-corrected chi connectivity index (χ0v) is 22.6. The molecule has 2 aliphatic heterocycles. The number of rotatable bonds is 7. The molecular formula is C24H44O4Si2. The second-order valence-corrected chi connectivity index (χ2v) is 20.9. The fourth-order valence-electron chi connectivity index (χ4n) is 3.66. The lowest BCUT2D eigenvalue weighted by molar-refractivity contribution is -0.0322. The van der Waals surface area contributed by atoms with Crippen LogP contribution in [0.1, 0.15) is 53.4 Å². The van der Waals surface area contributed by atoms with Crippen LogP contribution in [0.2, 0.25) is 37.8 Å². The van der Waals surface area contributed by atoms with Gasteiger partial charge in [0.1, 0.15) is 14.2 Å². The third-order valence-corrected chi connectivity index (χ3v) is 11.8. The van der Waals surface area contributed by atoms with E-state index in [9.17, 15) is 5.11 Å². The molecule has 6 atom stereocenters. The normalized spacial score (nSPS) is 29.5. The van der Waals surface area contributed by atoms with Gasteiger partial charge in [-0.1, -0.05) is 65.4 Å². The first-order valence-electron chi connectivity index (χ1n) is 11.6. The minimum Gasteiger partial charge on any atom is -0.411 e. The number of aliphatic hydroxyl groups is 1. The predicted octanol–water partition coefficient (Wildman–Crippen LogP) is 5.29. The van der Waals surface area contributed by atoms with Gasteiger partial charge in [0.15, 0.2) is 8.32 Å². The van der Waals surface area contributed by atoms with Gasteiger partial charge in [-0.15, -0.1) is 5.54 Å². The molecule has 2 rings (SSSR count). The summed E-state index contributed by atoms with van der Waals surface area (Å²) in [6.07, 6.45) is 7.07. The van der Waals surface area contributed by atoms with Crippen molar-refractivity contribution in [2.75, 3.05) is 0 Å². The van der Waals surface area contributed by atoms with E-state index in [4.69, 9.17) is 13.9 Å². The molecule has 0 aromatic carbocycles. The van der Waals surface area contributed by atoms with E-state index in [0.717, 1.165) is 19.3 Å². The first-order chi connectivity index (χ1) is 13.7. The largest absolute Gasteiger partial charge is 0.411 e. The molecule has 0 aromatic heterocycles. The van der Waals surface area contributed by atoms with Crippen molar-refractivity contribution in [2.24, 2.45) is 0 Å². The van der Waals surface area contributed by atoms with E-state index >= 15 is 0 Å². The van der Waals surface area contributed by atoms with Crippen LogP contribution in [0.15, 0.2) is 12.2 Å². The molecule has 2 saturated heterocycles. The van der Waals surface area contributed by atoms with Crippen molar-refractivity contribution in [1.82, 2.24) is 0 Å². The van der Waals surface area contributed by atoms with Crippen LogP contribution in [0.5, 0.6) is 0 Å². The molecule has 4 nitrogen and oxygen atoms in total. The highest BCUT2D eigenvalue weighted by Gasteiger charge is 2.49. The predicted molar refractivity (Wildman–Crippen MR) is 130 cm³/mol. The Hall–Kier alpha value is -0.426. The second kappa shape index (κ2) is 10.0. The van der Waals surface area contributed by atoms with E-state index in [0.29, 0.717) is 6.42 Å². The Morgan fingerprint density at radius 2 is 1.60 bits per heavy atom. The van der Waals surface area contributed by atoms with Crippen LogP contribution in [0.25, 0.3) is 0 Å². The van der Waals surface area contributed by atoms with Gasteiger partial charge < -0.3 is 19.0 Å². The van der Waals surface area contributed by atoms with E-state index in [2.05, 4.69) is 84.0 Å². The Labute approximate surface area is 186 Å². The van der Waals surface area contributed by atoms with Gasteiger partial charge >= 0.3 is 0 Å². The van der Waals surface area contributed by atoms with Gasteiger partial charge in [0, 0.05) is 12.8 Å². The molecule has 6 unspecified atom stereocenters. The van der Waals surface area contributed by atoms with E-state index in [1.807, 2.05) is 0 Å². The summed E-state index contributed by atoms with van der Waals surface area (Å²) < 4.78 is 19.4. The van der Waals surface area contributed by atoms with Crippen LogP contribution in [-0.4, -0.2) is 58.1 Å². The van der Waals surface area contributed by atoms with Crippen molar-refractivity contribution in [2.45, 2.75) is 128 Å². The van der Waals surface area contributed by atoms with E-state index in [1.165, 1.54) is 0 Å². The topological polar surface area (TPSA) is 47.9 Å². The van der Waals surface area contributed by atoms with E-state index in [-0.39, 0.29) is 35.6 Å². The molecule has 0 spiro atoms. The molecule has 0 saturated carbocycles. The summed E-state index contributed by atoms with van der Waals surface area (Å²) in [6.45, 7) is 20.1. The van der Waals surface area contributed by atoms with Crippen LogP contribution in [-0.2, 0) is 13.9 Å². The average molecular weight is 453 g/mol. The summed E-state index contributed by atoms with van der Waals surface area (Å²) >= 11 is 0. The van der Waals surface area contributed by atoms with Crippen LogP contribution in [0.3, 0.4) is 0 Å². The summed E-state index contributed by atoms with van der Waals surface area (Å²) in [4.78, 5) is 0. The summed E-state index contributed by atoms with van der Waals surface area (Å²) in [6, 6.07) is 0. The van der Waals surface area contributed by atoms with Gasteiger partial charge in [-0.3, -0.25) is 0 Å². The SMILES string of the molecule is CCC=CCC(O[Si](C)(C)C(C)(C)C)C1CC2OC(C(O)C#C[Si](C)(C)C)CC2O1. The molecule has 1 N–H and O–H groups in total. The third-order valence-electron chi connectivity index (χ3n) is 6.43. The monoisotopic (exact) mass is 452 g/mol. The summed E-state index contributed by atoms with van der Waals surface area (Å²) in [5, 5.41) is 10.6. The number of ether oxygens (including phenoxy) is 2. The van der Waals surface area contributed by atoms with Gasteiger partial charge in [-0.05, 0) is 31.0 Å². The lowest BCUT2D eigenvalue weighted by Gasteiger charge is -2.40. The summed E-state index contributed by atoms with van der Waals surface area (Å²) in [7, 11) is -3.41. The van der Waals surface area contributed by atoms with Crippen LogP contribution in [0, 0.1) is 11.5 Å². The standard InChI is InChI=1S/C24H44O4Si2/c1-10-11-12-13-19(28-30(8,9)24(2,3)4)21-17-23-22(27-21)16-20(26-23)18(25)14-15-29(5,6)7/h11-12,18-23,25H,10,13,16-17H2,1-9H3. The Kier molecular flexibility index (Phi) is 8.62. The van der Waals surface area contributed by atoms with Crippen molar-refractivity contribution in [1.29, 1.82) is 0 Å². The van der Waals surface area contributed by atoms with Crippen LogP contribution in [0.4, 0.5) is 0 Å². The lowest BCUT2D eigenvalue weighted by Crippen LogP contribution is -2.47. The number of hydrogen-bond donors (Lipinski definition) is 1. The highest BCUT2D eigenvalue weighted by molar-refractivity contribution is 6.83. The minimum absolute atomic E-state index is 0.0315. The highest BCUT2D eigenvalue weighted by Crippen LogP contribution is 2.41. The number of aliphatic hydroxyl groups excluding tert-OH is 1. The van der Waals surface area contributed by atoms with E-state index < -0.39 is 22.5 Å². The Balaban J connectivity index is 2.02. The zero-order valence-electron chi connectivity index (χ0n) is 20.6. The molecule has 2 heterocycles. The zero-order chi connectivity index (χ0) is 22.7. The molecule has 0 aromatic rings. The fraction of sp³-hybridized carbons (Fsp3) is 0.833. The molecule has 0 amide bonds. The number of hydrogen-bond acceptors (Lipinski definition) is 4. The lowest BCUT2D eigenvalue weighted by atomic mass is 10.0. The van der Waals surface area contributed by atoms with Crippen molar-refractivity contribution in [3.05, 3.63) is 12.2 Å². The quantitative estimate of drug-likeness (QED) is 0.324. The second-order valence-electron chi connectivity index (χ2n) is 11.4. The average Bonchev–Trinajstić information content (AvgIpc) is 3.16. The fourth-order valence-corrected chi connectivity index (χ4v) is 5.60. The minimum atomic E-state index is -1.90. The van der Waals surface area contributed by atoms with Crippen molar-refractivity contribution in [3.8, 4) is 11.5 Å². The molecule has 2 aliphatic rings. The van der Waals surface area contributed by atoms with Gasteiger partial charge in [0.05, 0.1) is 30.5 Å². The molecule has 0 aliphatic carbocycles. The molecule has 2 fully saturated rings. The molecule has 0 radical (unpaired) electrons. The summed E-state index contributed by atoms with van der Waals surface area (Å²) in [5.41, 5.74) is 3.25.